The van der Waals surface area contributed by atoms with Crippen LogP contribution in [0.3, 0.4) is 0 Å². The lowest BCUT2D eigenvalue weighted by molar-refractivity contribution is 0.589. The van der Waals surface area contributed by atoms with Gasteiger partial charge in [0.1, 0.15) is 0 Å². The number of hydrogen-bond acceptors (Lipinski definition) is 2. The van der Waals surface area contributed by atoms with Gasteiger partial charge in [-0.1, -0.05) is 23.7 Å². The van der Waals surface area contributed by atoms with Crippen LogP contribution in [0.5, 0.6) is 0 Å². The Bertz CT molecular complexity index is 533. The highest BCUT2D eigenvalue weighted by atomic mass is 35.5. The first-order valence-electron chi connectivity index (χ1n) is 5.98. The Morgan fingerprint density at radius 2 is 1.71 bits per heavy atom. The Hall–Kier alpha value is -1.25. The first-order valence-corrected chi connectivity index (χ1v) is 6.36. The largest absolute Gasteiger partial charge is 0.369 e. The van der Waals surface area contributed by atoms with Crippen LogP contribution in [0.2, 0.25) is 5.02 Å². The normalized spacial score (nSPS) is 16.4. The third-order valence-corrected chi connectivity index (χ3v) is 3.50. The van der Waals surface area contributed by atoms with Crippen molar-refractivity contribution in [3.63, 3.8) is 0 Å². The number of nitrogens with zero attached hydrogens (tertiary/aromatic N) is 1. The predicted molar refractivity (Wildman–Crippen MR) is 74.0 cm³/mol. The van der Waals surface area contributed by atoms with Crippen LogP contribution in [-0.4, -0.2) is 26.2 Å². The van der Waals surface area contributed by atoms with Gasteiger partial charge in [-0.05, 0) is 35.0 Å². The number of halogens is 1. The molecule has 17 heavy (non-hydrogen) atoms. The van der Waals surface area contributed by atoms with Gasteiger partial charge in [0.2, 0.25) is 0 Å². The number of piperazine rings is 1. The molecule has 0 unspecified atom stereocenters. The van der Waals surface area contributed by atoms with Gasteiger partial charge in [0, 0.05) is 36.9 Å². The summed E-state index contributed by atoms with van der Waals surface area (Å²) < 4.78 is 0. The molecule has 2 aromatic rings. The molecule has 1 saturated heterocycles. The van der Waals surface area contributed by atoms with Crippen molar-refractivity contribution in [2.24, 2.45) is 0 Å². The first-order chi connectivity index (χ1) is 8.33. The summed E-state index contributed by atoms with van der Waals surface area (Å²) in [6.07, 6.45) is 0. The van der Waals surface area contributed by atoms with Gasteiger partial charge in [0.15, 0.2) is 0 Å². The fourth-order valence-corrected chi connectivity index (χ4v) is 2.51. The zero-order valence-corrected chi connectivity index (χ0v) is 10.4. The van der Waals surface area contributed by atoms with Gasteiger partial charge in [0.05, 0.1) is 0 Å². The van der Waals surface area contributed by atoms with Gasteiger partial charge < -0.3 is 10.2 Å². The highest BCUT2D eigenvalue weighted by Gasteiger charge is 2.10. The number of anilines is 1. The molecular weight excluding hydrogens is 232 g/mol. The molecule has 0 bridgehead atoms. The van der Waals surface area contributed by atoms with E-state index in [1.54, 1.807) is 0 Å². The van der Waals surface area contributed by atoms with Gasteiger partial charge in [-0.3, -0.25) is 0 Å². The fourth-order valence-electron chi connectivity index (χ4n) is 2.32. The molecule has 0 aliphatic carbocycles. The van der Waals surface area contributed by atoms with E-state index in [9.17, 15) is 0 Å². The van der Waals surface area contributed by atoms with Crippen molar-refractivity contribution >= 4 is 28.1 Å². The Morgan fingerprint density at radius 3 is 2.53 bits per heavy atom. The lowest BCUT2D eigenvalue weighted by Crippen LogP contribution is -2.43. The third-order valence-electron chi connectivity index (χ3n) is 3.27. The molecule has 3 heteroatoms. The van der Waals surface area contributed by atoms with Crippen LogP contribution in [0, 0.1) is 0 Å². The smallest absolute Gasteiger partial charge is 0.0412 e. The molecule has 2 aromatic carbocycles. The summed E-state index contributed by atoms with van der Waals surface area (Å²) in [5.41, 5.74) is 1.29. The first kappa shape index (κ1) is 10.9. The summed E-state index contributed by atoms with van der Waals surface area (Å²) in [6.45, 7) is 4.28. The second-order valence-electron chi connectivity index (χ2n) is 4.41. The number of rotatable bonds is 1. The maximum Gasteiger partial charge on any atom is 0.0412 e. The molecule has 0 aromatic heterocycles. The standard InChI is InChI=1S/C14H15ClN2/c15-13-3-1-11-2-4-14(10-12(11)9-13)17-7-5-16-6-8-17/h1-4,9-10,16H,5-8H2. The Morgan fingerprint density at radius 1 is 0.941 bits per heavy atom. The van der Waals surface area contributed by atoms with Crippen LogP contribution in [-0.2, 0) is 0 Å². The minimum atomic E-state index is 0.801. The Kier molecular flexibility index (Phi) is 2.91. The lowest BCUT2D eigenvalue weighted by atomic mass is 10.1. The van der Waals surface area contributed by atoms with Crippen molar-refractivity contribution in [2.75, 3.05) is 31.1 Å². The molecular formula is C14H15ClN2. The summed E-state index contributed by atoms with van der Waals surface area (Å²) in [7, 11) is 0. The second-order valence-corrected chi connectivity index (χ2v) is 4.85. The van der Waals surface area contributed by atoms with Crippen molar-refractivity contribution < 1.29 is 0 Å². The SMILES string of the molecule is Clc1ccc2ccc(N3CCNCC3)cc2c1. The highest BCUT2D eigenvalue weighted by molar-refractivity contribution is 6.31. The Balaban J connectivity index is 1.99. The molecule has 0 atom stereocenters. The predicted octanol–water partition coefficient (Wildman–Crippen LogP) is 2.90. The number of fused-ring (bicyclic) bond motifs is 1. The van der Waals surface area contributed by atoms with Crippen LogP contribution >= 0.6 is 11.6 Å². The van der Waals surface area contributed by atoms with Crippen LogP contribution in [0.4, 0.5) is 5.69 Å². The number of benzene rings is 2. The van der Waals surface area contributed by atoms with E-state index in [0.717, 1.165) is 31.2 Å². The molecule has 2 nitrogen and oxygen atoms in total. The van der Waals surface area contributed by atoms with Crippen LogP contribution in [0.25, 0.3) is 10.8 Å². The number of hydrogen-bond donors (Lipinski definition) is 1. The van der Waals surface area contributed by atoms with Crippen molar-refractivity contribution in [1.82, 2.24) is 5.32 Å². The molecule has 0 amide bonds. The maximum atomic E-state index is 6.03. The minimum Gasteiger partial charge on any atom is -0.369 e. The minimum absolute atomic E-state index is 0.801. The average Bonchev–Trinajstić information content (AvgIpc) is 2.39. The second kappa shape index (κ2) is 4.55. The van der Waals surface area contributed by atoms with Gasteiger partial charge in [-0.2, -0.15) is 0 Å². The molecule has 0 radical (unpaired) electrons. The molecule has 3 rings (SSSR count). The average molecular weight is 247 g/mol. The van der Waals surface area contributed by atoms with Crippen LogP contribution < -0.4 is 10.2 Å². The van der Waals surface area contributed by atoms with Crippen molar-refractivity contribution in [2.45, 2.75) is 0 Å². The van der Waals surface area contributed by atoms with Crippen LogP contribution in [0.15, 0.2) is 36.4 Å². The van der Waals surface area contributed by atoms with Gasteiger partial charge in [0.25, 0.3) is 0 Å². The summed E-state index contributed by atoms with van der Waals surface area (Å²) in [5, 5.41) is 6.63. The quantitative estimate of drug-likeness (QED) is 0.833. The molecule has 1 aliphatic heterocycles. The summed E-state index contributed by atoms with van der Waals surface area (Å²) >= 11 is 6.03. The van der Waals surface area contributed by atoms with Crippen molar-refractivity contribution in [1.29, 1.82) is 0 Å². The van der Waals surface area contributed by atoms with Crippen LogP contribution in [0.1, 0.15) is 0 Å². The molecule has 0 saturated carbocycles. The van der Waals surface area contributed by atoms with Gasteiger partial charge >= 0.3 is 0 Å². The summed E-state index contributed by atoms with van der Waals surface area (Å²) in [5.74, 6) is 0. The molecule has 1 aliphatic rings. The molecule has 1 fully saturated rings. The fraction of sp³-hybridized carbons (Fsp3) is 0.286. The van der Waals surface area contributed by atoms with Gasteiger partial charge in [-0.25, -0.2) is 0 Å². The van der Waals surface area contributed by atoms with E-state index in [1.165, 1.54) is 16.5 Å². The van der Waals surface area contributed by atoms with E-state index >= 15 is 0 Å². The lowest BCUT2D eigenvalue weighted by Gasteiger charge is -2.29. The van der Waals surface area contributed by atoms with E-state index in [2.05, 4.69) is 34.5 Å². The molecule has 0 spiro atoms. The highest BCUT2D eigenvalue weighted by Crippen LogP contribution is 2.25. The van der Waals surface area contributed by atoms with E-state index in [-0.39, 0.29) is 0 Å². The van der Waals surface area contributed by atoms with E-state index < -0.39 is 0 Å². The summed E-state index contributed by atoms with van der Waals surface area (Å²) in [4.78, 5) is 2.41. The maximum absolute atomic E-state index is 6.03. The van der Waals surface area contributed by atoms with E-state index in [0.29, 0.717) is 0 Å². The summed E-state index contributed by atoms with van der Waals surface area (Å²) in [6, 6.07) is 12.6. The monoisotopic (exact) mass is 246 g/mol. The van der Waals surface area contributed by atoms with Crippen molar-refractivity contribution in [3.8, 4) is 0 Å². The number of nitrogens with one attached hydrogen (secondary N) is 1. The zero-order valence-electron chi connectivity index (χ0n) is 9.62. The van der Waals surface area contributed by atoms with Gasteiger partial charge in [-0.15, -0.1) is 0 Å². The molecule has 1 heterocycles. The van der Waals surface area contributed by atoms with E-state index in [4.69, 9.17) is 11.6 Å². The van der Waals surface area contributed by atoms with E-state index in [1.807, 2.05) is 12.1 Å². The van der Waals surface area contributed by atoms with Crippen molar-refractivity contribution in [3.05, 3.63) is 41.4 Å². The zero-order chi connectivity index (χ0) is 11.7. The third kappa shape index (κ3) is 2.24. The molecule has 88 valence electrons. The topological polar surface area (TPSA) is 15.3 Å². The Labute approximate surface area is 106 Å². The molecule has 1 N–H and O–H groups in total.